The van der Waals surface area contributed by atoms with Gasteiger partial charge in [0.1, 0.15) is 0 Å². The van der Waals surface area contributed by atoms with Crippen molar-refractivity contribution in [2.24, 2.45) is 0 Å². The van der Waals surface area contributed by atoms with Crippen LogP contribution in [0.2, 0.25) is 0 Å². The van der Waals surface area contributed by atoms with Gasteiger partial charge in [-0.05, 0) is 31.9 Å². The van der Waals surface area contributed by atoms with Crippen LogP contribution in [-0.2, 0) is 4.79 Å². The standard InChI is InChI=1S/C16H16N2O4/c1-9-7-14(22-17-9)15(19)18-10(2)8-12(16(20)21)11-5-3-4-6-13(11)18/h3-7,10,12H,8H2,1-2H3,(H,20,21). The van der Waals surface area contributed by atoms with Crippen LogP contribution < -0.4 is 4.90 Å². The second kappa shape index (κ2) is 5.29. The van der Waals surface area contributed by atoms with Gasteiger partial charge in [0.05, 0.1) is 11.6 Å². The van der Waals surface area contributed by atoms with E-state index in [1.54, 1.807) is 42.2 Å². The fraction of sp³-hybridized carbons (Fsp3) is 0.312. The summed E-state index contributed by atoms with van der Waals surface area (Å²) in [6.45, 7) is 3.58. The molecule has 1 aromatic heterocycles. The third-order valence-corrected chi connectivity index (χ3v) is 3.94. The number of amides is 1. The van der Waals surface area contributed by atoms with Crippen LogP contribution in [0.15, 0.2) is 34.9 Å². The van der Waals surface area contributed by atoms with E-state index in [2.05, 4.69) is 5.16 Å². The number of fused-ring (bicyclic) bond motifs is 1. The van der Waals surface area contributed by atoms with Gasteiger partial charge in [-0.25, -0.2) is 0 Å². The molecule has 1 aliphatic rings. The predicted molar refractivity (Wildman–Crippen MR) is 78.9 cm³/mol. The van der Waals surface area contributed by atoms with E-state index >= 15 is 0 Å². The van der Waals surface area contributed by atoms with Crippen LogP contribution >= 0.6 is 0 Å². The van der Waals surface area contributed by atoms with E-state index in [1.165, 1.54) is 0 Å². The Kier molecular flexibility index (Phi) is 3.44. The van der Waals surface area contributed by atoms with Crippen molar-refractivity contribution in [1.29, 1.82) is 0 Å². The van der Waals surface area contributed by atoms with Crippen molar-refractivity contribution in [2.75, 3.05) is 4.90 Å². The highest BCUT2D eigenvalue weighted by atomic mass is 16.5. The lowest BCUT2D eigenvalue weighted by molar-refractivity contribution is -0.139. The van der Waals surface area contributed by atoms with Crippen LogP contribution in [0.25, 0.3) is 0 Å². The fourth-order valence-electron chi connectivity index (χ4n) is 2.94. The first-order chi connectivity index (χ1) is 10.5. The zero-order valence-electron chi connectivity index (χ0n) is 12.3. The molecule has 1 aliphatic heterocycles. The summed E-state index contributed by atoms with van der Waals surface area (Å²) in [6, 6.07) is 8.44. The molecular formula is C16H16N2O4. The number of anilines is 1. The monoisotopic (exact) mass is 300 g/mol. The van der Waals surface area contributed by atoms with Gasteiger partial charge < -0.3 is 14.5 Å². The molecule has 1 N–H and O–H groups in total. The molecule has 6 heteroatoms. The highest BCUT2D eigenvalue weighted by molar-refractivity contribution is 6.06. The molecule has 0 aliphatic carbocycles. The third kappa shape index (κ3) is 2.26. The normalized spacial score (nSPS) is 20.5. The SMILES string of the molecule is Cc1cc(C(=O)N2c3ccccc3C(C(=O)O)CC2C)on1. The van der Waals surface area contributed by atoms with Gasteiger partial charge >= 0.3 is 5.97 Å². The van der Waals surface area contributed by atoms with Crippen molar-refractivity contribution in [2.45, 2.75) is 32.2 Å². The second-order valence-corrected chi connectivity index (χ2v) is 5.54. The van der Waals surface area contributed by atoms with Crippen molar-refractivity contribution in [1.82, 2.24) is 5.16 Å². The van der Waals surface area contributed by atoms with E-state index in [9.17, 15) is 14.7 Å². The molecule has 2 aromatic rings. The quantitative estimate of drug-likeness (QED) is 0.921. The maximum absolute atomic E-state index is 12.7. The Bertz CT molecular complexity index is 737. The lowest BCUT2D eigenvalue weighted by Crippen LogP contribution is -2.44. The van der Waals surface area contributed by atoms with Gasteiger partial charge in [-0.3, -0.25) is 9.59 Å². The zero-order valence-corrected chi connectivity index (χ0v) is 12.3. The number of carbonyl (C=O) groups excluding carboxylic acids is 1. The Morgan fingerprint density at radius 3 is 2.73 bits per heavy atom. The number of nitrogens with zero attached hydrogens (tertiary/aromatic N) is 2. The van der Waals surface area contributed by atoms with Gasteiger partial charge in [0.2, 0.25) is 5.76 Å². The number of aromatic nitrogens is 1. The van der Waals surface area contributed by atoms with Crippen molar-refractivity contribution in [3.8, 4) is 0 Å². The van der Waals surface area contributed by atoms with Gasteiger partial charge in [-0.2, -0.15) is 0 Å². The van der Waals surface area contributed by atoms with Crippen molar-refractivity contribution >= 4 is 17.6 Å². The second-order valence-electron chi connectivity index (χ2n) is 5.54. The van der Waals surface area contributed by atoms with Crippen LogP contribution in [0.3, 0.4) is 0 Å². The maximum atomic E-state index is 12.7. The summed E-state index contributed by atoms with van der Waals surface area (Å²) in [5.41, 5.74) is 1.90. The number of para-hydroxylation sites is 1. The first-order valence-corrected chi connectivity index (χ1v) is 7.07. The summed E-state index contributed by atoms with van der Waals surface area (Å²) in [5, 5.41) is 13.2. The molecule has 1 amide bonds. The van der Waals surface area contributed by atoms with Crippen LogP contribution in [0.1, 0.15) is 41.1 Å². The zero-order chi connectivity index (χ0) is 15.9. The van der Waals surface area contributed by atoms with E-state index in [0.717, 1.165) is 0 Å². The first-order valence-electron chi connectivity index (χ1n) is 7.07. The Morgan fingerprint density at radius 1 is 1.36 bits per heavy atom. The topological polar surface area (TPSA) is 83.6 Å². The molecule has 0 bridgehead atoms. The van der Waals surface area contributed by atoms with Crippen molar-refractivity contribution in [3.05, 3.63) is 47.3 Å². The lowest BCUT2D eigenvalue weighted by atomic mass is 9.86. The molecule has 2 unspecified atom stereocenters. The molecule has 0 spiro atoms. The largest absolute Gasteiger partial charge is 0.481 e. The molecule has 1 aromatic carbocycles. The minimum Gasteiger partial charge on any atom is -0.481 e. The maximum Gasteiger partial charge on any atom is 0.311 e. The average Bonchev–Trinajstić information content (AvgIpc) is 2.92. The van der Waals surface area contributed by atoms with Crippen LogP contribution in [0.5, 0.6) is 0 Å². The predicted octanol–water partition coefficient (Wildman–Crippen LogP) is 2.59. The van der Waals surface area contributed by atoms with Crippen LogP contribution in [0.4, 0.5) is 5.69 Å². The summed E-state index contributed by atoms with van der Waals surface area (Å²) < 4.78 is 5.06. The minimum absolute atomic E-state index is 0.160. The first kappa shape index (κ1) is 14.3. The highest BCUT2D eigenvalue weighted by Crippen LogP contribution is 2.39. The van der Waals surface area contributed by atoms with Gasteiger partial charge in [-0.1, -0.05) is 23.4 Å². The number of aliphatic carboxylic acids is 1. The molecule has 3 rings (SSSR count). The van der Waals surface area contributed by atoms with Gasteiger partial charge in [-0.15, -0.1) is 0 Å². The summed E-state index contributed by atoms with van der Waals surface area (Å²) in [5.74, 6) is -1.62. The van der Waals surface area contributed by atoms with Gasteiger partial charge in [0.15, 0.2) is 0 Å². The number of aryl methyl sites for hydroxylation is 1. The number of hydrogen-bond acceptors (Lipinski definition) is 4. The molecule has 0 saturated heterocycles. The summed E-state index contributed by atoms with van der Waals surface area (Å²) in [4.78, 5) is 25.8. The molecule has 22 heavy (non-hydrogen) atoms. The summed E-state index contributed by atoms with van der Waals surface area (Å²) in [6.07, 6.45) is 0.366. The third-order valence-electron chi connectivity index (χ3n) is 3.94. The van der Waals surface area contributed by atoms with E-state index in [4.69, 9.17) is 4.52 Å². The number of carboxylic acids is 1. The van der Waals surface area contributed by atoms with Gasteiger partial charge in [0, 0.05) is 17.8 Å². The summed E-state index contributed by atoms with van der Waals surface area (Å²) in [7, 11) is 0. The minimum atomic E-state index is -0.873. The molecule has 6 nitrogen and oxygen atoms in total. The Hall–Kier alpha value is -2.63. The van der Waals surface area contributed by atoms with E-state index in [-0.39, 0.29) is 17.7 Å². The van der Waals surface area contributed by atoms with E-state index in [1.807, 2.05) is 6.92 Å². The average molecular weight is 300 g/mol. The van der Waals surface area contributed by atoms with Crippen LogP contribution in [-0.4, -0.2) is 28.2 Å². The van der Waals surface area contributed by atoms with E-state index in [0.29, 0.717) is 23.4 Å². The number of rotatable bonds is 2. The Balaban J connectivity index is 2.06. The number of carbonyl (C=O) groups is 2. The van der Waals surface area contributed by atoms with Crippen molar-refractivity contribution in [3.63, 3.8) is 0 Å². The van der Waals surface area contributed by atoms with Crippen molar-refractivity contribution < 1.29 is 19.2 Å². The Morgan fingerprint density at radius 2 is 2.09 bits per heavy atom. The molecule has 0 radical (unpaired) electrons. The number of benzene rings is 1. The summed E-state index contributed by atoms with van der Waals surface area (Å²) >= 11 is 0. The molecule has 0 saturated carbocycles. The van der Waals surface area contributed by atoms with Gasteiger partial charge in [0.25, 0.3) is 5.91 Å². The van der Waals surface area contributed by atoms with E-state index < -0.39 is 11.9 Å². The molecular weight excluding hydrogens is 284 g/mol. The lowest BCUT2D eigenvalue weighted by Gasteiger charge is -2.37. The number of hydrogen-bond donors (Lipinski definition) is 1. The number of carboxylic acid groups (broad SMARTS) is 1. The molecule has 2 atom stereocenters. The Labute approximate surface area is 127 Å². The molecule has 2 heterocycles. The molecule has 0 fully saturated rings. The smallest absolute Gasteiger partial charge is 0.311 e. The molecule has 114 valence electrons. The van der Waals surface area contributed by atoms with Crippen LogP contribution in [0, 0.1) is 6.92 Å². The fourth-order valence-corrected chi connectivity index (χ4v) is 2.94. The highest BCUT2D eigenvalue weighted by Gasteiger charge is 2.38.